The molecule has 22 heavy (non-hydrogen) atoms. The molecular formula is C14H21BrN4O3. The van der Waals surface area contributed by atoms with Crippen LogP contribution >= 0.6 is 15.9 Å². The Kier molecular flexibility index (Phi) is 5.23. The van der Waals surface area contributed by atoms with E-state index in [1.807, 2.05) is 0 Å². The number of halogens is 1. The predicted molar refractivity (Wildman–Crippen MR) is 88.2 cm³/mol. The smallest absolute Gasteiger partial charge is 0.332 e. The van der Waals surface area contributed by atoms with Crippen molar-refractivity contribution >= 4 is 27.1 Å². The highest BCUT2D eigenvalue weighted by Gasteiger charge is 2.17. The van der Waals surface area contributed by atoms with Crippen molar-refractivity contribution in [2.75, 3.05) is 13.2 Å². The molecule has 2 rings (SSSR count). The van der Waals surface area contributed by atoms with Crippen molar-refractivity contribution in [3.05, 3.63) is 25.6 Å². The average molecular weight is 373 g/mol. The van der Waals surface area contributed by atoms with E-state index >= 15 is 0 Å². The predicted octanol–water partition coefficient (Wildman–Crippen LogP) is 1.26. The van der Waals surface area contributed by atoms with Crippen LogP contribution in [-0.2, 0) is 25.4 Å². The van der Waals surface area contributed by atoms with E-state index in [0.29, 0.717) is 36.1 Å². The molecule has 0 aliphatic carbocycles. The topological polar surface area (TPSA) is 71.1 Å². The maximum Gasteiger partial charge on any atom is 0.332 e. The summed E-state index contributed by atoms with van der Waals surface area (Å²) in [5.74, 6) is 0.602. The van der Waals surface area contributed by atoms with E-state index in [1.54, 1.807) is 11.6 Å². The van der Waals surface area contributed by atoms with Gasteiger partial charge in [-0.15, -0.1) is 0 Å². The zero-order valence-electron chi connectivity index (χ0n) is 13.3. The second kappa shape index (κ2) is 6.78. The SMILES string of the molecule is CC(C)CCOCCn1c(Br)nc2c(=O)n(C)c(=O)n(C)c21. The highest BCUT2D eigenvalue weighted by molar-refractivity contribution is 9.10. The molecule has 0 aliphatic rings. The van der Waals surface area contributed by atoms with Crippen LogP contribution in [0.5, 0.6) is 0 Å². The zero-order valence-corrected chi connectivity index (χ0v) is 14.9. The van der Waals surface area contributed by atoms with Gasteiger partial charge >= 0.3 is 5.69 Å². The number of hydrogen-bond acceptors (Lipinski definition) is 4. The minimum absolute atomic E-state index is 0.277. The van der Waals surface area contributed by atoms with Crippen LogP contribution in [0.2, 0.25) is 0 Å². The van der Waals surface area contributed by atoms with E-state index in [-0.39, 0.29) is 11.2 Å². The highest BCUT2D eigenvalue weighted by atomic mass is 79.9. The fraction of sp³-hybridized carbons (Fsp3) is 0.643. The number of fused-ring (bicyclic) bond motifs is 1. The van der Waals surface area contributed by atoms with Gasteiger partial charge in [0.2, 0.25) is 0 Å². The first-order valence-electron chi connectivity index (χ1n) is 7.24. The average Bonchev–Trinajstić information content (AvgIpc) is 2.79. The summed E-state index contributed by atoms with van der Waals surface area (Å²) in [5.41, 5.74) is 0.0243. The molecule has 0 fully saturated rings. The molecule has 0 atom stereocenters. The molecule has 2 aromatic heterocycles. The lowest BCUT2D eigenvalue weighted by Crippen LogP contribution is -2.37. The Labute approximate surface area is 136 Å². The molecule has 0 bridgehead atoms. The summed E-state index contributed by atoms with van der Waals surface area (Å²) in [6.07, 6.45) is 1.00. The van der Waals surface area contributed by atoms with E-state index in [2.05, 4.69) is 34.8 Å². The number of ether oxygens (including phenoxy) is 1. The maximum absolute atomic E-state index is 12.1. The molecule has 0 aromatic carbocycles. The molecule has 0 radical (unpaired) electrons. The minimum Gasteiger partial charge on any atom is -0.380 e. The molecule has 0 saturated heterocycles. The van der Waals surface area contributed by atoms with Gasteiger partial charge in [-0.25, -0.2) is 9.78 Å². The molecule has 0 amide bonds. The van der Waals surface area contributed by atoms with Crippen LogP contribution in [-0.4, -0.2) is 31.9 Å². The lowest BCUT2D eigenvalue weighted by atomic mass is 10.1. The molecule has 7 nitrogen and oxygen atoms in total. The second-order valence-electron chi connectivity index (χ2n) is 5.71. The number of hydrogen-bond donors (Lipinski definition) is 0. The van der Waals surface area contributed by atoms with Crippen LogP contribution in [0.15, 0.2) is 14.3 Å². The lowest BCUT2D eigenvalue weighted by molar-refractivity contribution is 0.116. The first-order chi connectivity index (χ1) is 10.3. The zero-order chi connectivity index (χ0) is 16.4. The normalized spacial score (nSPS) is 11.7. The summed E-state index contributed by atoms with van der Waals surface area (Å²) in [6, 6.07) is 0. The monoisotopic (exact) mass is 372 g/mol. The third-order valence-corrected chi connectivity index (χ3v) is 4.20. The van der Waals surface area contributed by atoms with Crippen molar-refractivity contribution in [2.45, 2.75) is 26.8 Å². The van der Waals surface area contributed by atoms with Gasteiger partial charge in [0.15, 0.2) is 15.9 Å². The molecule has 0 unspecified atom stereocenters. The van der Waals surface area contributed by atoms with Crippen LogP contribution in [0.25, 0.3) is 11.2 Å². The van der Waals surface area contributed by atoms with E-state index in [0.717, 1.165) is 11.0 Å². The van der Waals surface area contributed by atoms with Crippen molar-refractivity contribution in [1.82, 2.24) is 18.7 Å². The summed E-state index contributed by atoms with van der Waals surface area (Å²) < 4.78 is 10.4. The van der Waals surface area contributed by atoms with Crippen molar-refractivity contribution in [2.24, 2.45) is 20.0 Å². The number of aromatic nitrogens is 4. The van der Waals surface area contributed by atoms with E-state index < -0.39 is 5.56 Å². The van der Waals surface area contributed by atoms with Gasteiger partial charge < -0.3 is 9.30 Å². The minimum atomic E-state index is -0.390. The van der Waals surface area contributed by atoms with Crippen LogP contribution in [0, 0.1) is 5.92 Å². The van der Waals surface area contributed by atoms with Gasteiger partial charge in [0.25, 0.3) is 5.56 Å². The quantitative estimate of drug-likeness (QED) is 0.565. The summed E-state index contributed by atoms with van der Waals surface area (Å²) in [5, 5.41) is 0. The standard InChI is InChI=1S/C14H21BrN4O3/c1-9(2)5-7-22-8-6-19-11-10(16-13(19)15)12(20)18(4)14(21)17(11)3/h9H,5-8H2,1-4H3. The van der Waals surface area contributed by atoms with Crippen molar-refractivity contribution in [1.29, 1.82) is 0 Å². The molecule has 0 saturated carbocycles. The summed E-state index contributed by atoms with van der Waals surface area (Å²) >= 11 is 3.35. The number of imidazole rings is 1. The Bertz CT molecular complexity index is 788. The Morgan fingerprint density at radius 1 is 1.18 bits per heavy atom. The fourth-order valence-corrected chi connectivity index (χ4v) is 2.76. The molecule has 0 aliphatic heterocycles. The van der Waals surface area contributed by atoms with Gasteiger partial charge in [0, 0.05) is 27.2 Å². The third-order valence-electron chi connectivity index (χ3n) is 3.59. The van der Waals surface area contributed by atoms with Crippen LogP contribution < -0.4 is 11.2 Å². The molecule has 122 valence electrons. The van der Waals surface area contributed by atoms with E-state index in [9.17, 15) is 9.59 Å². The number of rotatable bonds is 6. The van der Waals surface area contributed by atoms with E-state index in [4.69, 9.17) is 4.74 Å². The van der Waals surface area contributed by atoms with Gasteiger partial charge in [-0.2, -0.15) is 0 Å². The molecule has 0 N–H and O–H groups in total. The summed E-state index contributed by atoms with van der Waals surface area (Å²) in [7, 11) is 3.08. The van der Waals surface area contributed by atoms with Gasteiger partial charge in [0.1, 0.15) is 0 Å². The van der Waals surface area contributed by atoms with Crippen molar-refractivity contribution < 1.29 is 4.74 Å². The Hall–Kier alpha value is -1.41. The Morgan fingerprint density at radius 3 is 2.50 bits per heavy atom. The Morgan fingerprint density at radius 2 is 1.86 bits per heavy atom. The molecule has 8 heteroatoms. The Balaban J connectivity index is 2.29. The van der Waals surface area contributed by atoms with Crippen molar-refractivity contribution in [3.63, 3.8) is 0 Å². The second-order valence-corrected chi connectivity index (χ2v) is 6.41. The lowest BCUT2D eigenvalue weighted by Gasteiger charge is -2.10. The first kappa shape index (κ1) is 17.0. The molecule has 0 spiro atoms. The van der Waals surface area contributed by atoms with Crippen LogP contribution in [0.3, 0.4) is 0 Å². The molecular weight excluding hydrogens is 352 g/mol. The number of nitrogens with zero attached hydrogens (tertiary/aromatic N) is 4. The van der Waals surface area contributed by atoms with Gasteiger partial charge in [0.05, 0.1) is 6.61 Å². The van der Waals surface area contributed by atoms with Crippen LogP contribution in [0.1, 0.15) is 20.3 Å². The van der Waals surface area contributed by atoms with Gasteiger partial charge in [-0.05, 0) is 28.3 Å². The fourth-order valence-electron chi connectivity index (χ4n) is 2.24. The van der Waals surface area contributed by atoms with Crippen molar-refractivity contribution in [3.8, 4) is 0 Å². The largest absolute Gasteiger partial charge is 0.380 e. The third kappa shape index (κ3) is 3.17. The number of aryl methyl sites for hydroxylation is 1. The van der Waals surface area contributed by atoms with Gasteiger partial charge in [-0.1, -0.05) is 13.8 Å². The molecule has 2 heterocycles. The maximum atomic E-state index is 12.1. The first-order valence-corrected chi connectivity index (χ1v) is 8.03. The summed E-state index contributed by atoms with van der Waals surface area (Å²) in [4.78, 5) is 28.4. The van der Waals surface area contributed by atoms with E-state index in [1.165, 1.54) is 11.6 Å². The van der Waals surface area contributed by atoms with Crippen LogP contribution in [0.4, 0.5) is 0 Å². The molecule has 2 aromatic rings. The highest BCUT2D eigenvalue weighted by Crippen LogP contribution is 2.16. The summed E-state index contributed by atoms with van der Waals surface area (Å²) in [6.45, 7) is 6.02. The van der Waals surface area contributed by atoms with Gasteiger partial charge in [-0.3, -0.25) is 13.9 Å².